The highest BCUT2D eigenvalue weighted by Gasteiger charge is 2.68. The van der Waals surface area contributed by atoms with Crippen molar-refractivity contribution in [2.24, 2.45) is 0 Å². The molecular formula is C18H15Cl2F3N4O2. The molecule has 1 amide bonds. The fraction of sp³-hybridized carbons (Fsp3) is 0.389. The Bertz CT molecular complexity index is 933. The van der Waals surface area contributed by atoms with Crippen LogP contribution >= 0.6 is 23.2 Å². The van der Waals surface area contributed by atoms with Gasteiger partial charge in [0.1, 0.15) is 11.6 Å². The summed E-state index contributed by atoms with van der Waals surface area (Å²) in [5, 5.41) is 6.80. The van der Waals surface area contributed by atoms with Gasteiger partial charge in [0.25, 0.3) is 5.91 Å². The molecule has 11 heteroatoms. The normalized spacial score (nSPS) is 24.9. The summed E-state index contributed by atoms with van der Waals surface area (Å²) in [5.41, 5.74) is -1.62. The molecule has 1 aromatic heterocycles. The van der Waals surface area contributed by atoms with E-state index >= 15 is 0 Å². The van der Waals surface area contributed by atoms with Crippen LogP contribution in [0.4, 0.5) is 19.0 Å². The number of carbonyl (C=O) groups excluding carboxylic acids is 1. The maximum absolute atomic E-state index is 12.5. The van der Waals surface area contributed by atoms with Crippen molar-refractivity contribution in [2.75, 3.05) is 11.9 Å². The van der Waals surface area contributed by atoms with Crippen molar-refractivity contribution in [1.29, 1.82) is 0 Å². The number of amides is 1. The van der Waals surface area contributed by atoms with Crippen LogP contribution in [0.15, 0.2) is 30.6 Å². The van der Waals surface area contributed by atoms with Gasteiger partial charge < -0.3 is 15.4 Å². The summed E-state index contributed by atoms with van der Waals surface area (Å²) >= 11 is 11.7. The molecule has 0 unspecified atom stereocenters. The van der Waals surface area contributed by atoms with Gasteiger partial charge in [-0.3, -0.25) is 4.79 Å². The van der Waals surface area contributed by atoms with Gasteiger partial charge in [0.05, 0.1) is 22.4 Å². The Morgan fingerprint density at radius 2 is 1.83 bits per heavy atom. The second-order valence-electron chi connectivity index (χ2n) is 7.41. The zero-order chi connectivity index (χ0) is 20.9. The fourth-order valence-electron chi connectivity index (χ4n) is 3.91. The molecule has 3 aliphatic carbocycles. The van der Waals surface area contributed by atoms with Crippen LogP contribution in [0.5, 0.6) is 5.75 Å². The standard InChI is InChI=1S/C18H15Cl2F3N4O2/c19-11-2-1-10(3-12(11)20)29-6-15(28)27-17-7-16(8-17,9-17)26-14-5-24-13(4-25-14)18(21,22)23/h1-5H,6-9H2,(H,25,26)(H,27,28). The zero-order valence-electron chi connectivity index (χ0n) is 14.8. The Morgan fingerprint density at radius 1 is 1.10 bits per heavy atom. The van der Waals surface area contributed by atoms with E-state index in [9.17, 15) is 18.0 Å². The van der Waals surface area contributed by atoms with Crippen molar-refractivity contribution in [3.8, 4) is 5.75 Å². The predicted octanol–water partition coefficient (Wildman–Crippen LogP) is 4.08. The van der Waals surface area contributed by atoms with Gasteiger partial charge in [0.2, 0.25) is 0 Å². The number of ether oxygens (including phenoxy) is 1. The fourth-order valence-corrected chi connectivity index (χ4v) is 4.20. The van der Waals surface area contributed by atoms with Crippen LogP contribution in [-0.4, -0.2) is 33.6 Å². The monoisotopic (exact) mass is 446 g/mol. The van der Waals surface area contributed by atoms with Crippen LogP contribution in [0.25, 0.3) is 0 Å². The first-order chi connectivity index (χ1) is 13.6. The number of nitrogens with zero attached hydrogens (tertiary/aromatic N) is 2. The lowest BCUT2D eigenvalue weighted by atomic mass is 9.44. The average molecular weight is 447 g/mol. The van der Waals surface area contributed by atoms with Gasteiger partial charge in [-0.2, -0.15) is 13.2 Å². The molecule has 154 valence electrons. The van der Waals surface area contributed by atoms with E-state index < -0.39 is 11.9 Å². The van der Waals surface area contributed by atoms with Gasteiger partial charge in [-0.15, -0.1) is 0 Å². The van der Waals surface area contributed by atoms with E-state index in [4.69, 9.17) is 27.9 Å². The number of rotatable bonds is 6. The van der Waals surface area contributed by atoms with Crippen LogP contribution in [0.2, 0.25) is 10.0 Å². The van der Waals surface area contributed by atoms with Crippen LogP contribution in [0.1, 0.15) is 25.0 Å². The Labute approximate surface area is 173 Å². The molecule has 3 fully saturated rings. The van der Waals surface area contributed by atoms with E-state index in [2.05, 4.69) is 20.6 Å². The molecule has 2 aromatic rings. The van der Waals surface area contributed by atoms with Crippen molar-refractivity contribution in [3.05, 3.63) is 46.3 Å². The van der Waals surface area contributed by atoms with E-state index in [-0.39, 0.29) is 29.4 Å². The largest absolute Gasteiger partial charge is 0.484 e. The summed E-state index contributed by atoms with van der Waals surface area (Å²) in [6.45, 7) is -0.162. The molecule has 3 saturated carbocycles. The lowest BCUT2D eigenvalue weighted by Crippen LogP contribution is -2.81. The quantitative estimate of drug-likeness (QED) is 0.698. The van der Waals surface area contributed by atoms with Crippen LogP contribution < -0.4 is 15.4 Å². The van der Waals surface area contributed by atoms with Gasteiger partial charge in [0.15, 0.2) is 12.3 Å². The number of benzene rings is 1. The minimum absolute atomic E-state index is 0.162. The zero-order valence-corrected chi connectivity index (χ0v) is 16.3. The molecule has 1 heterocycles. The predicted molar refractivity (Wildman–Crippen MR) is 100 cm³/mol. The molecule has 0 atom stereocenters. The SMILES string of the molecule is O=C(COc1ccc(Cl)c(Cl)c1)NC12CC(Nc3cnc(C(F)(F)F)cn3)(C1)C2. The molecule has 5 rings (SSSR count). The Morgan fingerprint density at radius 3 is 2.41 bits per heavy atom. The van der Waals surface area contributed by atoms with Gasteiger partial charge in [0, 0.05) is 17.1 Å². The second kappa shape index (κ2) is 6.91. The molecule has 0 saturated heterocycles. The summed E-state index contributed by atoms with van der Waals surface area (Å²) in [7, 11) is 0. The van der Waals surface area contributed by atoms with E-state index in [1.165, 1.54) is 6.07 Å². The molecule has 0 spiro atoms. The van der Waals surface area contributed by atoms with Crippen LogP contribution in [-0.2, 0) is 11.0 Å². The van der Waals surface area contributed by atoms with E-state index in [1.807, 2.05) is 0 Å². The van der Waals surface area contributed by atoms with Crippen molar-refractivity contribution >= 4 is 34.9 Å². The Balaban J connectivity index is 1.24. The highest BCUT2D eigenvalue weighted by Crippen LogP contribution is 2.61. The summed E-state index contributed by atoms with van der Waals surface area (Å²) in [6, 6.07) is 4.73. The van der Waals surface area contributed by atoms with Gasteiger partial charge >= 0.3 is 6.18 Å². The second-order valence-corrected chi connectivity index (χ2v) is 8.23. The maximum Gasteiger partial charge on any atom is 0.434 e. The average Bonchev–Trinajstić information content (AvgIpc) is 2.59. The highest BCUT2D eigenvalue weighted by molar-refractivity contribution is 6.42. The van der Waals surface area contributed by atoms with Crippen molar-refractivity contribution in [3.63, 3.8) is 0 Å². The van der Waals surface area contributed by atoms with Gasteiger partial charge in [-0.1, -0.05) is 23.2 Å². The van der Waals surface area contributed by atoms with Crippen LogP contribution in [0, 0.1) is 0 Å². The Hall–Kier alpha value is -2.26. The topological polar surface area (TPSA) is 76.1 Å². The number of carbonyl (C=O) groups is 1. The third-order valence-electron chi connectivity index (χ3n) is 5.03. The number of halogens is 5. The minimum Gasteiger partial charge on any atom is -0.484 e. The third-order valence-corrected chi connectivity index (χ3v) is 5.77. The molecule has 2 N–H and O–H groups in total. The Kier molecular flexibility index (Phi) is 4.77. The van der Waals surface area contributed by atoms with Crippen molar-refractivity contribution in [2.45, 2.75) is 36.5 Å². The molecule has 3 aliphatic rings. The number of alkyl halides is 3. The minimum atomic E-state index is -4.52. The first-order valence-corrected chi connectivity index (χ1v) is 9.40. The number of hydrogen-bond donors (Lipinski definition) is 2. The third kappa shape index (κ3) is 4.06. The molecule has 29 heavy (non-hydrogen) atoms. The van der Waals surface area contributed by atoms with E-state index in [0.717, 1.165) is 6.20 Å². The molecule has 0 radical (unpaired) electrons. The first-order valence-electron chi connectivity index (χ1n) is 8.65. The molecule has 6 nitrogen and oxygen atoms in total. The van der Waals surface area contributed by atoms with E-state index in [1.54, 1.807) is 12.1 Å². The van der Waals surface area contributed by atoms with Gasteiger partial charge in [-0.05, 0) is 31.4 Å². The number of aromatic nitrogens is 2. The number of hydrogen-bond acceptors (Lipinski definition) is 5. The molecule has 0 aliphatic heterocycles. The smallest absolute Gasteiger partial charge is 0.434 e. The lowest BCUT2D eigenvalue weighted by Gasteiger charge is -2.70. The molecular weight excluding hydrogens is 432 g/mol. The summed E-state index contributed by atoms with van der Waals surface area (Å²) < 4.78 is 43.0. The lowest BCUT2D eigenvalue weighted by molar-refractivity contribution is -0.141. The van der Waals surface area contributed by atoms with Crippen molar-refractivity contribution < 1.29 is 22.7 Å². The molecule has 2 bridgehead atoms. The van der Waals surface area contributed by atoms with Crippen molar-refractivity contribution in [1.82, 2.24) is 15.3 Å². The summed E-state index contributed by atoms with van der Waals surface area (Å²) in [6.07, 6.45) is -0.787. The highest BCUT2D eigenvalue weighted by atomic mass is 35.5. The van der Waals surface area contributed by atoms with Crippen LogP contribution in [0.3, 0.4) is 0 Å². The summed E-state index contributed by atoms with van der Waals surface area (Å²) in [5.74, 6) is 0.449. The maximum atomic E-state index is 12.5. The van der Waals surface area contributed by atoms with Gasteiger partial charge in [-0.25, -0.2) is 9.97 Å². The number of anilines is 1. The molecule has 1 aromatic carbocycles. The first kappa shape index (κ1) is 20.0. The number of nitrogens with one attached hydrogen (secondary N) is 2. The summed E-state index contributed by atoms with van der Waals surface area (Å²) in [4.78, 5) is 19.3. The van der Waals surface area contributed by atoms with E-state index in [0.29, 0.717) is 41.3 Å².